The Bertz CT molecular complexity index is 541. The van der Waals surface area contributed by atoms with Gasteiger partial charge in [0.15, 0.2) is 0 Å². The van der Waals surface area contributed by atoms with Gasteiger partial charge in [-0.25, -0.2) is 4.79 Å². The predicted molar refractivity (Wildman–Crippen MR) is 88.3 cm³/mol. The van der Waals surface area contributed by atoms with Crippen molar-refractivity contribution in [1.82, 2.24) is 5.32 Å². The summed E-state index contributed by atoms with van der Waals surface area (Å²) in [6.45, 7) is 5.52. The number of amides is 2. The molecular formula is C14H19Cl2N3O3. The molecule has 0 saturated carbocycles. The van der Waals surface area contributed by atoms with E-state index < -0.39 is 18.0 Å². The van der Waals surface area contributed by atoms with Gasteiger partial charge >= 0.3 is 6.09 Å². The van der Waals surface area contributed by atoms with Crippen molar-refractivity contribution in [3.8, 4) is 0 Å². The molecular weight excluding hydrogens is 329 g/mol. The number of carbonyl (C=O) groups is 2. The van der Waals surface area contributed by atoms with Crippen LogP contribution in [-0.4, -0.2) is 24.6 Å². The number of halogens is 2. The monoisotopic (exact) mass is 347 g/mol. The van der Waals surface area contributed by atoms with Crippen molar-refractivity contribution in [1.29, 1.82) is 0 Å². The predicted octanol–water partition coefficient (Wildman–Crippen LogP) is 3.28. The normalized spacial score (nSPS) is 11.9. The first-order valence-corrected chi connectivity index (χ1v) is 7.50. The summed E-state index contributed by atoms with van der Waals surface area (Å²) in [7, 11) is 0. The third-order valence-electron chi connectivity index (χ3n) is 2.84. The number of nitrogens with one attached hydrogen (secondary N) is 2. The molecule has 0 aliphatic carbocycles. The van der Waals surface area contributed by atoms with E-state index in [2.05, 4.69) is 10.6 Å². The minimum atomic E-state index is -0.755. The Balaban J connectivity index is 2.85. The van der Waals surface area contributed by atoms with Gasteiger partial charge < -0.3 is 21.1 Å². The van der Waals surface area contributed by atoms with Gasteiger partial charge in [-0.3, -0.25) is 4.79 Å². The summed E-state index contributed by atoms with van der Waals surface area (Å²) in [6, 6.07) is 2.22. The quantitative estimate of drug-likeness (QED) is 0.712. The number of anilines is 2. The number of hydrogen-bond donors (Lipinski definition) is 3. The van der Waals surface area contributed by atoms with E-state index in [1.165, 1.54) is 12.1 Å². The number of hydrogen-bond acceptors (Lipinski definition) is 4. The molecule has 1 aromatic carbocycles. The number of nitrogen functional groups attached to an aromatic ring is 1. The van der Waals surface area contributed by atoms with Crippen molar-refractivity contribution in [2.75, 3.05) is 17.7 Å². The van der Waals surface area contributed by atoms with Gasteiger partial charge in [0.1, 0.15) is 6.04 Å². The van der Waals surface area contributed by atoms with Crippen LogP contribution in [0.4, 0.5) is 16.2 Å². The maximum absolute atomic E-state index is 12.3. The number of nitrogens with two attached hydrogens (primary N) is 1. The van der Waals surface area contributed by atoms with Gasteiger partial charge in [-0.1, -0.05) is 37.0 Å². The third-order valence-corrected chi connectivity index (χ3v) is 3.47. The van der Waals surface area contributed by atoms with Crippen LogP contribution >= 0.6 is 23.2 Å². The fraction of sp³-hybridized carbons (Fsp3) is 0.429. The van der Waals surface area contributed by atoms with Crippen LogP contribution in [-0.2, 0) is 9.53 Å². The zero-order chi connectivity index (χ0) is 16.9. The smallest absolute Gasteiger partial charge is 0.407 e. The minimum absolute atomic E-state index is 0.135. The second-order valence-electron chi connectivity index (χ2n) is 4.93. The minimum Gasteiger partial charge on any atom is -0.450 e. The van der Waals surface area contributed by atoms with E-state index in [-0.39, 0.29) is 28.3 Å². The number of carbonyl (C=O) groups excluding carboxylic acids is 2. The molecule has 0 bridgehead atoms. The fourth-order valence-corrected chi connectivity index (χ4v) is 2.20. The average molecular weight is 348 g/mol. The van der Waals surface area contributed by atoms with Gasteiger partial charge in [0.2, 0.25) is 5.91 Å². The Morgan fingerprint density at radius 1 is 1.27 bits per heavy atom. The van der Waals surface area contributed by atoms with E-state index in [1.807, 2.05) is 0 Å². The summed E-state index contributed by atoms with van der Waals surface area (Å²) >= 11 is 11.8. The molecule has 0 spiro atoms. The summed E-state index contributed by atoms with van der Waals surface area (Å²) in [4.78, 5) is 23.8. The standard InChI is InChI=1S/C14H19Cl2N3O3/c1-4-22-14(21)19-12(7(2)3)13(20)18-8-5-9(15)11(17)10(16)6-8/h5-7,12H,4,17H2,1-3H3,(H,18,20)(H,19,21)/t12-/m1/s1. The number of benzene rings is 1. The van der Waals surface area contributed by atoms with Gasteiger partial charge in [-0.15, -0.1) is 0 Å². The molecule has 0 heterocycles. The Morgan fingerprint density at radius 3 is 2.27 bits per heavy atom. The van der Waals surface area contributed by atoms with E-state index in [1.54, 1.807) is 20.8 Å². The third kappa shape index (κ3) is 4.96. The van der Waals surface area contributed by atoms with Crippen LogP contribution in [0.3, 0.4) is 0 Å². The molecule has 0 aromatic heterocycles. The summed E-state index contributed by atoms with van der Waals surface area (Å²) in [5.74, 6) is -0.538. The summed E-state index contributed by atoms with van der Waals surface area (Å²) in [6.07, 6.45) is -0.648. The van der Waals surface area contributed by atoms with E-state index in [9.17, 15) is 9.59 Å². The molecule has 2 amide bonds. The molecule has 1 atom stereocenters. The van der Waals surface area contributed by atoms with Crippen molar-refractivity contribution in [3.63, 3.8) is 0 Å². The second-order valence-corrected chi connectivity index (χ2v) is 5.74. The first-order chi connectivity index (χ1) is 10.3. The Hall–Kier alpha value is -1.66. The van der Waals surface area contributed by atoms with Crippen LogP contribution in [0.2, 0.25) is 10.0 Å². The van der Waals surface area contributed by atoms with E-state index in [4.69, 9.17) is 33.7 Å². The number of ether oxygens (including phenoxy) is 1. The molecule has 4 N–H and O–H groups in total. The summed E-state index contributed by atoms with van der Waals surface area (Å²) < 4.78 is 4.79. The highest BCUT2D eigenvalue weighted by Crippen LogP contribution is 2.31. The molecule has 8 heteroatoms. The van der Waals surface area contributed by atoms with Crippen LogP contribution in [0.15, 0.2) is 12.1 Å². The largest absolute Gasteiger partial charge is 0.450 e. The fourth-order valence-electron chi connectivity index (χ4n) is 1.71. The van der Waals surface area contributed by atoms with E-state index in [0.29, 0.717) is 5.69 Å². The van der Waals surface area contributed by atoms with E-state index in [0.717, 1.165) is 0 Å². The highest BCUT2D eigenvalue weighted by atomic mass is 35.5. The SMILES string of the molecule is CCOC(=O)N[C@@H](C(=O)Nc1cc(Cl)c(N)c(Cl)c1)C(C)C. The van der Waals surface area contributed by atoms with Crippen molar-refractivity contribution >= 4 is 46.6 Å². The van der Waals surface area contributed by atoms with Crippen molar-refractivity contribution in [3.05, 3.63) is 22.2 Å². The van der Waals surface area contributed by atoms with Crippen LogP contribution in [0.25, 0.3) is 0 Å². The molecule has 0 radical (unpaired) electrons. The van der Waals surface area contributed by atoms with Gasteiger partial charge in [0.05, 0.1) is 22.3 Å². The molecule has 6 nitrogen and oxygen atoms in total. The first kappa shape index (κ1) is 18.4. The van der Waals surface area contributed by atoms with E-state index >= 15 is 0 Å². The molecule has 0 unspecified atom stereocenters. The lowest BCUT2D eigenvalue weighted by atomic mass is 10.0. The van der Waals surface area contributed by atoms with Gasteiger partial charge in [0, 0.05) is 5.69 Å². The molecule has 22 heavy (non-hydrogen) atoms. The maximum atomic E-state index is 12.3. The van der Waals surface area contributed by atoms with Crippen molar-refractivity contribution < 1.29 is 14.3 Å². The van der Waals surface area contributed by atoms with Crippen molar-refractivity contribution in [2.24, 2.45) is 5.92 Å². The van der Waals surface area contributed by atoms with Gasteiger partial charge in [-0.2, -0.15) is 0 Å². The molecule has 0 saturated heterocycles. The molecule has 0 aliphatic heterocycles. The highest BCUT2D eigenvalue weighted by Gasteiger charge is 2.25. The first-order valence-electron chi connectivity index (χ1n) is 6.74. The number of rotatable bonds is 5. The van der Waals surface area contributed by atoms with Crippen LogP contribution in [0, 0.1) is 5.92 Å². The Labute approximate surface area is 139 Å². The zero-order valence-electron chi connectivity index (χ0n) is 12.6. The van der Waals surface area contributed by atoms with Crippen LogP contribution in [0.5, 0.6) is 0 Å². The lowest BCUT2D eigenvalue weighted by molar-refractivity contribution is -0.119. The van der Waals surface area contributed by atoms with Gasteiger partial charge in [-0.05, 0) is 25.0 Å². The maximum Gasteiger partial charge on any atom is 0.407 e. The number of alkyl carbamates (subject to hydrolysis) is 1. The molecule has 1 rings (SSSR count). The Kier molecular flexibility index (Phi) is 6.77. The van der Waals surface area contributed by atoms with Crippen molar-refractivity contribution in [2.45, 2.75) is 26.8 Å². The summed E-state index contributed by atoms with van der Waals surface area (Å²) in [5, 5.41) is 5.64. The highest BCUT2D eigenvalue weighted by molar-refractivity contribution is 6.39. The second kappa shape index (κ2) is 8.10. The Morgan fingerprint density at radius 2 is 1.82 bits per heavy atom. The lowest BCUT2D eigenvalue weighted by Crippen LogP contribution is -2.47. The van der Waals surface area contributed by atoms with Gasteiger partial charge in [0.25, 0.3) is 0 Å². The molecule has 0 aliphatic rings. The zero-order valence-corrected chi connectivity index (χ0v) is 14.1. The van der Waals surface area contributed by atoms with Crippen LogP contribution in [0.1, 0.15) is 20.8 Å². The summed E-state index contributed by atoms with van der Waals surface area (Å²) in [5.41, 5.74) is 6.27. The lowest BCUT2D eigenvalue weighted by Gasteiger charge is -2.21. The molecule has 122 valence electrons. The molecule has 1 aromatic rings. The average Bonchev–Trinajstić information content (AvgIpc) is 2.42. The molecule has 0 fully saturated rings. The topological polar surface area (TPSA) is 93.4 Å². The van der Waals surface area contributed by atoms with Crippen LogP contribution < -0.4 is 16.4 Å².